The zero-order valence-electron chi connectivity index (χ0n) is 16.9. The number of aryl methyl sites for hydroxylation is 1. The van der Waals surface area contributed by atoms with Gasteiger partial charge >= 0.3 is 0 Å². The Kier molecular flexibility index (Phi) is 9.16. The lowest BCUT2D eigenvalue weighted by Crippen LogP contribution is -3.00. The average Bonchev–Trinajstić information content (AvgIpc) is 2.87. The number of aliphatic hydroxyl groups excluding tert-OH is 1. The number of hydrogen-bond donors (Lipinski definition) is 2. The minimum Gasteiger partial charge on any atom is -1.00 e. The maximum atomic E-state index is 12.7. The highest BCUT2D eigenvalue weighted by atomic mass is 35.5. The Morgan fingerprint density at radius 2 is 1.81 bits per heavy atom. The number of carbonyl (C=O) groups excluding carboxylic acids is 1. The van der Waals surface area contributed by atoms with Crippen molar-refractivity contribution in [2.75, 3.05) is 6.54 Å². The van der Waals surface area contributed by atoms with Crippen LogP contribution < -0.4 is 17.7 Å². The molecule has 0 bridgehead atoms. The molecule has 27 heavy (non-hydrogen) atoms. The lowest BCUT2D eigenvalue weighted by molar-refractivity contribution is -0.693. The van der Waals surface area contributed by atoms with Gasteiger partial charge in [-0.15, -0.1) is 0 Å². The van der Waals surface area contributed by atoms with Gasteiger partial charge in [0.05, 0.1) is 24.2 Å². The van der Waals surface area contributed by atoms with Crippen molar-refractivity contribution >= 4 is 5.78 Å². The maximum Gasteiger partial charge on any atom is 0.172 e. The van der Waals surface area contributed by atoms with Gasteiger partial charge in [0.15, 0.2) is 5.78 Å². The number of Topliss-reactive ketones (excluding diaryl/α,β-unsaturated/α-hetero) is 1. The first-order chi connectivity index (χ1) is 12.3. The smallest absolute Gasteiger partial charge is 0.172 e. The Balaban J connectivity index is 0.00000364. The molecule has 0 saturated heterocycles. The molecule has 0 aliphatic heterocycles. The van der Waals surface area contributed by atoms with E-state index in [0.717, 1.165) is 29.1 Å². The predicted molar refractivity (Wildman–Crippen MR) is 103 cm³/mol. The van der Waals surface area contributed by atoms with E-state index in [1.807, 2.05) is 61.1 Å². The summed E-state index contributed by atoms with van der Waals surface area (Å²) in [5.74, 6) is 0.622. The van der Waals surface area contributed by atoms with Crippen LogP contribution in [0, 0.1) is 19.8 Å². The van der Waals surface area contributed by atoms with Crippen molar-refractivity contribution in [2.24, 2.45) is 5.92 Å². The molecule has 2 atom stereocenters. The van der Waals surface area contributed by atoms with Gasteiger partial charge in [-0.2, -0.15) is 5.10 Å². The monoisotopic (exact) mass is 393 g/mol. The van der Waals surface area contributed by atoms with Crippen molar-refractivity contribution in [3.8, 4) is 0 Å². The molecule has 0 radical (unpaired) electrons. The lowest BCUT2D eigenvalue weighted by atomic mass is 10.0. The van der Waals surface area contributed by atoms with E-state index in [-0.39, 0.29) is 24.2 Å². The highest BCUT2D eigenvalue weighted by molar-refractivity contribution is 5.98. The van der Waals surface area contributed by atoms with Crippen molar-refractivity contribution in [3.63, 3.8) is 0 Å². The first-order valence-corrected chi connectivity index (χ1v) is 9.44. The number of aromatic nitrogens is 2. The van der Waals surface area contributed by atoms with Crippen LogP contribution in [0.4, 0.5) is 0 Å². The molecule has 1 heterocycles. The molecule has 0 aliphatic rings. The van der Waals surface area contributed by atoms with Crippen molar-refractivity contribution in [3.05, 3.63) is 52.8 Å². The molecule has 1 aromatic heterocycles. The number of halogens is 1. The van der Waals surface area contributed by atoms with E-state index in [1.54, 1.807) is 0 Å². The molecule has 2 unspecified atom stereocenters. The first kappa shape index (κ1) is 23.3. The summed E-state index contributed by atoms with van der Waals surface area (Å²) in [5.41, 5.74) is 3.43. The number of rotatable bonds is 9. The molecule has 0 saturated carbocycles. The first-order valence-electron chi connectivity index (χ1n) is 9.44. The Bertz CT molecular complexity index is 729. The molecule has 0 fully saturated rings. The molecule has 0 aliphatic carbocycles. The van der Waals surface area contributed by atoms with Crippen LogP contribution in [0.5, 0.6) is 0 Å². The molecule has 2 rings (SSSR count). The van der Waals surface area contributed by atoms with Crippen LogP contribution in [0.3, 0.4) is 0 Å². The number of benzene rings is 1. The summed E-state index contributed by atoms with van der Waals surface area (Å²) in [5, 5.41) is 17.0. The Hall–Kier alpha value is -1.69. The largest absolute Gasteiger partial charge is 1.00 e. The van der Waals surface area contributed by atoms with E-state index < -0.39 is 6.10 Å². The number of nitrogens with zero attached hydrogens (tertiary/aromatic N) is 2. The van der Waals surface area contributed by atoms with Gasteiger partial charge in [-0.1, -0.05) is 44.2 Å². The summed E-state index contributed by atoms with van der Waals surface area (Å²) in [6, 6.07) is 9.64. The Morgan fingerprint density at radius 3 is 2.41 bits per heavy atom. The highest BCUT2D eigenvalue weighted by Gasteiger charge is 2.22. The van der Waals surface area contributed by atoms with Gasteiger partial charge in [0.1, 0.15) is 12.1 Å². The molecule has 2 aromatic rings. The van der Waals surface area contributed by atoms with E-state index in [4.69, 9.17) is 0 Å². The quantitative estimate of drug-likeness (QED) is 0.560. The molecule has 1 aromatic carbocycles. The summed E-state index contributed by atoms with van der Waals surface area (Å²) in [7, 11) is 0. The number of hydrogen-bond acceptors (Lipinski definition) is 3. The zero-order chi connectivity index (χ0) is 19.3. The Labute approximate surface area is 168 Å². The van der Waals surface area contributed by atoms with E-state index in [1.165, 1.54) is 0 Å². The molecule has 150 valence electrons. The Morgan fingerprint density at radius 1 is 1.19 bits per heavy atom. The summed E-state index contributed by atoms with van der Waals surface area (Å²) in [6.07, 6.45) is -0.0930. The number of aliphatic hydroxyl groups is 1. The topological polar surface area (TPSA) is 71.7 Å². The standard InChI is InChI=1S/C21H31N3O2.ClH/c1-14(2)13-24-17(5)20(15(3)23-24)19(25)11-12-22-16(4)21(26)18-9-7-6-8-10-18;/h6-10,14,16,21-22,26H,11-13H2,1-5H3;1H. The van der Waals surface area contributed by atoms with Crippen LogP contribution in [-0.4, -0.2) is 33.3 Å². The minimum absolute atomic E-state index is 0. The zero-order valence-corrected chi connectivity index (χ0v) is 17.7. The van der Waals surface area contributed by atoms with Gasteiger partial charge in [-0.3, -0.25) is 9.48 Å². The summed E-state index contributed by atoms with van der Waals surface area (Å²) < 4.78 is 1.94. The number of quaternary nitrogens is 1. The third kappa shape index (κ3) is 6.16. The van der Waals surface area contributed by atoms with Crippen LogP contribution in [0.15, 0.2) is 30.3 Å². The number of ketones is 1. The third-order valence-electron chi connectivity index (χ3n) is 4.75. The average molecular weight is 394 g/mol. The van der Waals surface area contributed by atoms with E-state index in [0.29, 0.717) is 18.9 Å². The van der Waals surface area contributed by atoms with Crippen LogP contribution >= 0.6 is 0 Å². The highest BCUT2D eigenvalue weighted by Crippen LogP contribution is 2.17. The van der Waals surface area contributed by atoms with Crippen molar-refractivity contribution in [2.45, 2.75) is 59.7 Å². The molecule has 0 spiro atoms. The molecule has 3 N–H and O–H groups in total. The van der Waals surface area contributed by atoms with E-state index >= 15 is 0 Å². The van der Waals surface area contributed by atoms with Gasteiger partial charge in [-0.05, 0) is 32.3 Å². The molecule has 6 heteroatoms. The second-order valence-corrected chi connectivity index (χ2v) is 7.53. The van der Waals surface area contributed by atoms with Gasteiger partial charge in [0, 0.05) is 12.2 Å². The van der Waals surface area contributed by atoms with Crippen molar-refractivity contribution in [1.29, 1.82) is 0 Å². The molecule has 5 nitrogen and oxygen atoms in total. The molecule has 0 amide bonds. The van der Waals surface area contributed by atoms with Gasteiger partial charge in [0.25, 0.3) is 0 Å². The maximum absolute atomic E-state index is 12.7. The normalized spacial score (nSPS) is 13.3. The van der Waals surface area contributed by atoms with Crippen LogP contribution in [0.2, 0.25) is 0 Å². The van der Waals surface area contributed by atoms with Gasteiger partial charge in [-0.25, -0.2) is 0 Å². The van der Waals surface area contributed by atoms with Crippen molar-refractivity contribution in [1.82, 2.24) is 9.78 Å². The fourth-order valence-electron chi connectivity index (χ4n) is 3.31. The SMILES string of the molecule is Cc1nn(CC(C)C)c(C)c1C(=O)CC[NH2+]C(C)C(O)c1ccccc1.[Cl-]. The van der Waals surface area contributed by atoms with Crippen LogP contribution in [0.1, 0.15) is 60.6 Å². The lowest BCUT2D eigenvalue weighted by Gasteiger charge is -2.17. The van der Waals surface area contributed by atoms with Crippen LogP contribution in [0.25, 0.3) is 0 Å². The second kappa shape index (κ2) is 10.6. The fraction of sp³-hybridized carbons (Fsp3) is 0.524. The third-order valence-corrected chi connectivity index (χ3v) is 4.75. The van der Waals surface area contributed by atoms with E-state index in [2.05, 4.69) is 18.9 Å². The van der Waals surface area contributed by atoms with Gasteiger partial charge < -0.3 is 22.8 Å². The number of carbonyl (C=O) groups is 1. The summed E-state index contributed by atoms with van der Waals surface area (Å²) in [6.45, 7) is 11.6. The minimum atomic E-state index is -0.538. The fourth-order valence-corrected chi connectivity index (χ4v) is 3.31. The summed E-state index contributed by atoms with van der Waals surface area (Å²) >= 11 is 0. The molecular weight excluding hydrogens is 362 g/mol. The van der Waals surface area contributed by atoms with Crippen LogP contribution in [-0.2, 0) is 6.54 Å². The second-order valence-electron chi connectivity index (χ2n) is 7.53. The number of nitrogens with two attached hydrogens (primary N) is 1. The van der Waals surface area contributed by atoms with Crippen molar-refractivity contribution < 1.29 is 27.6 Å². The summed E-state index contributed by atoms with van der Waals surface area (Å²) in [4.78, 5) is 12.7. The predicted octanol–water partition coefficient (Wildman–Crippen LogP) is -0.582. The van der Waals surface area contributed by atoms with Gasteiger partial charge in [0.2, 0.25) is 0 Å². The molecular formula is C21H32ClN3O2. The van der Waals surface area contributed by atoms with E-state index in [9.17, 15) is 9.90 Å².